The minimum Gasteiger partial charge on any atom is -0.483 e. The first-order valence-electron chi connectivity index (χ1n) is 6.75. The van der Waals surface area contributed by atoms with E-state index in [1.54, 1.807) is 17.8 Å². The van der Waals surface area contributed by atoms with Crippen molar-refractivity contribution in [2.24, 2.45) is 7.05 Å². The molecule has 1 aromatic heterocycles. The molecule has 0 aliphatic carbocycles. The Bertz CT molecular complexity index is 803. The molecule has 1 aromatic carbocycles. The number of hydrogen-bond acceptors (Lipinski definition) is 2. The van der Waals surface area contributed by atoms with Gasteiger partial charge >= 0.3 is 0 Å². The number of benzene rings is 1. The average molecular weight is 346 g/mol. The first-order valence-corrected chi connectivity index (χ1v) is 7.54. The molecule has 0 saturated carbocycles. The zero-order valence-electron chi connectivity index (χ0n) is 12.2. The van der Waals surface area contributed by atoms with Gasteiger partial charge in [0.1, 0.15) is 11.4 Å². The smallest absolute Gasteiger partial charge is 0.258 e. The molecule has 2 aromatic rings. The summed E-state index contributed by atoms with van der Waals surface area (Å²) >= 11 is 3.49. The van der Waals surface area contributed by atoms with Gasteiger partial charge in [0.15, 0.2) is 0 Å². The summed E-state index contributed by atoms with van der Waals surface area (Å²) in [6, 6.07) is 9.61. The van der Waals surface area contributed by atoms with Gasteiger partial charge in [-0.05, 0) is 55.8 Å². The standard InChI is InChI=1S/C17H16BrNO2/c1-17(2)10-14(12-5-4-8-19(3)16(12)20)13-9-11(18)6-7-15(13)21-17/h4-10H,1-3H3. The molecule has 3 nitrogen and oxygen atoms in total. The topological polar surface area (TPSA) is 31.2 Å². The minimum atomic E-state index is -0.447. The van der Waals surface area contributed by atoms with E-state index < -0.39 is 5.60 Å². The van der Waals surface area contributed by atoms with E-state index in [-0.39, 0.29) is 5.56 Å². The summed E-state index contributed by atoms with van der Waals surface area (Å²) in [4.78, 5) is 12.4. The quantitative estimate of drug-likeness (QED) is 0.788. The highest BCUT2D eigenvalue weighted by atomic mass is 79.9. The lowest BCUT2D eigenvalue weighted by Gasteiger charge is -2.31. The summed E-state index contributed by atoms with van der Waals surface area (Å²) in [5.41, 5.74) is 2.09. The maximum atomic E-state index is 12.4. The predicted molar refractivity (Wildman–Crippen MR) is 87.6 cm³/mol. The van der Waals surface area contributed by atoms with E-state index in [0.717, 1.165) is 21.4 Å². The summed E-state index contributed by atoms with van der Waals surface area (Å²) in [6.07, 6.45) is 3.77. The van der Waals surface area contributed by atoms with E-state index in [4.69, 9.17) is 4.74 Å². The predicted octanol–water partition coefficient (Wildman–Crippen LogP) is 3.75. The van der Waals surface area contributed by atoms with Crippen LogP contribution >= 0.6 is 15.9 Å². The van der Waals surface area contributed by atoms with Gasteiger partial charge in [-0.1, -0.05) is 15.9 Å². The second-order valence-electron chi connectivity index (χ2n) is 5.74. The van der Waals surface area contributed by atoms with Crippen LogP contribution in [-0.2, 0) is 7.05 Å². The highest BCUT2D eigenvalue weighted by Crippen LogP contribution is 2.39. The fraction of sp³-hybridized carbons (Fsp3) is 0.235. The van der Waals surface area contributed by atoms with Gasteiger partial charge in [0.25, 0.3) is 5.56 Å². The number of rotatable bonds is 1. The molecular weight excluding hydrogens is 330 g/mol. The normalized spacial score (nSPS) is 15.9. The van der Waals surface area contributed by atoms with E-state index >= 15 is 0 Å². The van der Waals surface area contributed by atoms with Crippen molar-refractivity contribution < 1.29 is 4.74 Å². The lowest BCUT2D eigenvalue weighted by molar-refractivity contribution is 0.158. The number of aryl methyl sites for hydroxylation is 1. The molecule has 0 saturated heterocycles. The Morgan fingerprint density at radius 1 is 1.19 bits per heavy atom. The molecule has 0 N–H and O–H groups in total. The van der Waals surface area contributed by atoms with E-state index in [1.807, 2.05) is 50.3 Å². The third-order valence-electron chi connectivity index (χ3n) is 3.51. The van der Waals surface area contributed by atoms with Gasteiger partial charge in [-0.15, -0.1) is 0 Å². The maximum absolute atomic E-state index is 12.4. The summed E-state index contributed by atoms with van der Waals surface area (Å²) in [5.74, 6) is 0.798. The molecular formula is C17H16BrNO2. The van der Waals surface area contributed by atoms with Gasteiger partial charge in [-0.25, -0.2) is 0 Å². The molecule has 21 heavy (non-hydrogen) atoms. The van der Waals surface area contributed by atoms with Crippen LogP contribution in [0.15, 0.2) is 51.9 Å². The fourth-order valence-corrected chi connectivity index (χ4v) is 2.93. The molecule has 108 valence electrons. The third kappa shape index (κ3) is 2.56. The van der Waals surface area contributed by atoms with Crippen LogP contribution in [0.4, 0.5) is 0 Å². The van der Waals surface area contributed by atoms with Crippen LogP contribution in [0.1, 0.15) is 25.0 Å². The number of pyridine rings is 1. The van der Waals surface area contributed by atoms with Gasteiger partial charge in [-0.2, -0.15) is 0 Å². The van der Waals surface area contributed by atoms with Crippen LogP contribution in [0.2, 0.25) is 0 Å². The molecule has 0 atom stereocenters. The Morgan fingerprint density at radius 3 is 2.71 bits per heavy atom. The average Bonchev–Trinajstić information content (AvgIpc) is 2.41. The lowest BCUT2D eigenvalue weighted by Crippen LogP contribution is -2.30. The molecule has 0 amide bonds. The highest BCUT2D eigenvalue weighted by molar-refractivity contribution is 9.10. The second kappa shape index (κ2) is 4.88. The number of hydrogen-bond donors (Lipinski definition) is 0. The van der Waals surface area contributed by atoms with Gasteiger partial charge in [0, 0.05) is 28.8 Å². The van der Waals surface area contributed by atoms with E-state index in [1.165, 1.54) is 0 Å². The molecule has 2 heterocycles. The molecule has 3 rings (SSSR count). The molecule has 1 aliphatic rings. The lowest BCUT2D eigenvalue weighted by atomic mass is 9.90. The molecule has 0 radical (unpaired) electrons. The van der Waals surface area contributed by atoms with Gasteiger partial charge in [0.05, 0.1) is 0 Å². The summed E-state index contributed by atoms with van der Waals surface area (Å²) in [7, 11) is 1.76. The number of halogens is 1. The monoisotopic (exact) mass is 345 g/mol. The maximum Gasteiger partial charge on any atom is 0.258 e. The van der Waals surface area contributed by atoms with E-state index in [2.05, 4.69) is 15.9 Å². The number of aromatic nitrogens is 1. The Kier molecular flexibility index (Phi) is 3.29. The highest BCUT2D eigenvalue weighted by Gasteiger charge is 2.28. The van der Waals surface area contributed by atoms with Gasteiger partial charge in [0.2, 0.25) is 0 Å². The van der Waals surface area contributed by atoms with Crippen molar-refractivity contribution in [3.8, 4) is 5.75 Å². The Balaban J connectivity index is 2.30. The minimum absolute atomic E-state index is 0.00706. The second-order valence-corrected chi connectivity index (χ2v) is 6.66. The zero-order chi connectivity index (χ0) is 15.2. The van der Waals surface area contributed by atoms with Crippen molar-refractivity contribution in [3.63, 3.8) is 0 Å². The van der Waals surface area contributed by atoms with Crippen molar-refractivity contribution in [1.29, 1.82) is 0 Å². The number of nitrogens with zero attached hydrogens (tertiary/aromatic N) is 1. The summed E-state index contributed by atoms with van der Waals surface area (Å²) < 4.78 is 8.54. The SMILES string of the molecule is Cn1cccc(C2=CC(C)(C)Oc3ccc(Br)cc32)c1=O. The van der Waals surface area contributed by atoms with Crippen LogP contribution in [0.3, 0.4) is 0 Å². The first kappa shape index (κ1) is 14.1. The molecule has 4 heteroatoms. The van der Waals surface area contributed by atoms with Crippen LogP contribution in [0.25, 0.3) is 5.57 Å². The van der Waals surface area contributed by atoms with Crippen LogP contribution < -0.4 is 10.3 Å². The third-order valence-corrected chi connectivity index (χ3v) is 4.00. The van der Waals surface area contributed by atoms with Gasteiger partial charge in [-0.3, -0.25) is 4.79 Å². The summed E-state index contributed by atoms with van der Waals surface area (Å²) in [5, 5.41) is 0. The van der Waals surface area contributed by atoms with Crippen LogP contribution in [0, 0.1) is 0 Å². The van der Waals surface area contributed by atoms with Crippen molar-refractivity contribution >= 4 is 21.5 Å². The van der Waals surface area contributed by atoms with Crippen molar-refractivity contribution in [1.82, 2.24) is 4.57 Å². The number of ether oxygens (including phenoxy) is 1. The van der Waals surface area contributed by atoms with Crippen molar-refractivity contribution in [2.45, 2.75) is 19.4 Å². The molecule has 1 aliphatic heterocycles. The first-order chi connectivity index (χ1) is 9.87. The van der Waals surface area contributed by atoms with E-state index in [0.29, 0.717) is 5.56 Å². The largest absolute Gasteiger partial charge is 0.483 e. The Labute approximate surface area is 132 Å². The van der Waals surface area contributed by atoms with Crippen molar-refractivity contribution in [3.05, 3.63) is 68.6 Å². The van der Waals surface area contributed by atoms with Crippen LogP contribution in [0.5, 0.6) is 5.75 Å². The van der Waals surface area contributed by atoms with Crippen molar-refractivity contribution in [2.75, 3.05) is 0 Å². The zero-order valence-corrected chi connectivity index (χ0v) is 13.8. The number of fused-ring (bicyclic) bond motifs is 1. The molecule has 0 bridgehead atoms. The fourth-order valence-electron chi connectivity index (χ4n) is 2.57. The Hall–Kier alpha value is -1.81. The summed E-state index contributed by atoms with van der Waals surface area (Å²) in [6.45, 7) is 3.98. The molecule has 0 spiro atoms. The Morgan fingerprint density at radius 2 is 1.95 bits per heavy atom. The molecule has 0 unspecified atom stereocenters. The van der Waals surface area contributed by atoms with Gasteiger partial charge < -0.3 is 9.30 Å². The molecule has 0 fully saturated rings. The van der Waals surface area contributed by atoms with Crippen LogP contribution in [-0.4, -0.2) is 10.2 Å². The van der Waals surface area contributed by atoms with E-state index in [9.17, 15) is 4.79 Å².